The van der Waals surface area contributed by atoms with E-state index in [-0.39, 0.29) is 17.7 Å². The van der Waals surface area contributed by atoms with Crippen LogP contribution in [0.3, 0.4) is 0 Å². The maximum Gasteiger partial charge on any atom is 0.225 e. The summed E-state index contributed by atoms with van der Waals surface area (Å²) in [5, 5.41) is 2.98. The maximum absolute atomic E-state index is 12.1. The first-order valence-electron chi connectivity index (χ1n) is 8.67. The fourth-order valence-corrected chi connectivity index (χ4v) is 3.39. The molecule has 0 spiro atoms. The van der Waals surface area contributed by atoms with Crippen LogP contribution in [0, 0.1) is 5.92 Å². The summed E-state index contributed by atoms with van der Waals surface area (Å²) in [5.41, 5.74) is 1.28. The number of benzene rings is 1. The second-order valence-electron chi connectivity index (χ2n) is 6.63. The lowest BCUT2D eigenvalue weighted by Gasteiger charge is -2.36. The van der Waals surface area contributed by atoms with Crippen molar-refractivity contribution in [2.75, 3.05) is 57.8 Å². The quantitative estimate of drug-likeness (QED) is 0.849. The van der Waals surface area contributed by atoms with E-state index >= 15 is 0 Å². The molecule has 2 aliphatic rings. The number of nitrogens with one attached hydrogen (secondary N) is 1. The van der Waals surface area contributed by atoms with Gasteiger partial charge in [-0.3, -0.25) is 14.5 Å². The van der Waals surface area contributed by atoms with Crippen molar-refractivity contribution in [1.29, 1.82) is 0 Å². The Kier molecular flexibility index (Phi) is 5.35. The first-order chi connectivity index (χ1) is 11.6. The fraction of sp³-hybridized carbons (Fsp3) is 0.556. The van der Waals surface area contributed by atoms with Gasteiger partial charge in [0.05, 0.1) is 5.92 Å². The standard InChI is InChI=1S/C18H26N4O2/c1-20-14-15(13-17(20)23)18(24)19-7-8-21-9-11-22(12-10-21)16-5-3-2-4-6-16/h2-6,15H,7-14H2,1H3,(H,19,24). The van der Waals surface area contributed by atoms with Gasteiger partial charge >= 0.3 is 0 Å². The molecule has 2 heterocycles. The highest BCUT2D eigenvalue weighted by Crippen LogP contribution is 2.16. The number of piperazine rings is 1. The molecule has 0 bridgehead atoms. The summed E-state index contributed by atoms with van der Waals surface area (Å²) >= 11 is 0. The van der Waals surface area contributed by atoms with Gasteiger partial charge in [-0.05, 0) is 12.1 Å². The van der Waals surface area contributed by atoms with Crippen molar-refractivity contribution < 1.29 is 9.59 Å². The molecule has 0 aliphatic carbocycles. The van der Waals surface area contributed by atoms with E-state index in [1.807, 2.05) is 6.07 Å². The normalized spacial score (nSPS) is 22.0. The minimum atomic E-state index is -0.183. The van der Waals surface area contributed by atoms with E-state index in [1.165, 1.54) is 5.69 Å². The maximum atomic E-state index is 12.1. The average Bonchev–Trinajstić information content (AvgIpc) is 2.95. The molecule has 130 valence electrons. The molecule has 1 unspecified atom stereocenters. The number of likely N-dealkylation sites (tertiary alicyclic amines) is 1. The summed E-state index contributed by atoms with van der Waals surface area (Å²) in [6.07, 6.45) is 0.345. The smallest absolute Gasteiger partial charge is 0.225 e. The zero-order valence-electron chi connectivity index (χ0n) is 14.3. The van der Waals surface area contributed by atoms with E-state index in [0.29, 0.717) is 19.5 Å². The number of carbonyl (C=O) groups is 2. The summed E-state index contributed by atoms with van der Waals surface area (Å²) in [5.74, 6) is -0.111. The van der Waals surface area contributed by atoms with Gasteiger partial charge in [0.25, 0.3) is 0 Å². The molecule has 24 heavy (non-hydrogen) atoms. The predicted octanol–water partition coefficient (Wildman–Crippen LogP) is 0.403. The largest absolute Gasteiger partial charge is 0.369 e. The molecule has 3 rings (SSSR count). The Labute approximate surface area is 143 Å². The van der Waals surface area contributed by atoms with Crippen LogP contribution in [0.5, 0.6) is 0 Å². The molecule has 1 atom stereocenters. The Balaban J connectivity index is 1.35. The summed E-state index contributed by atoms with van der Waals surface area (Å²) in [4.78, 5) is 30.0. The molecule has 0 saturated carbocycles. The van der Waals surface area contributed by atoms with Gasteiger partial charge < -0.3 is 15.1 Å². The van der Waals surface area contributed by atoms with Crippen LogP contribution in [0.1, 0.15) is 6.42 Å². The van der Waals surface area contributed by atoms with Gasteiger partial charge in [-0.25, -0.2) is 0 Å². The number of anilines is 1. The number of nitrogens with zero attached hydrogens (tertiary/aromatic N) is 3. The Morgan fingerprint density at radius 3 is 2.50 bits per heavy atom. The van der Waals surface area contributed by atoms with E-state index in [2.05, 4.69) is 39.4 Å². The number of para-hydroxylation sites is 1. The zero-order valence-corrected chi connectivity index (χ0v) is 14.3. The molecule has 1 aromatic carbocycles. The highest BCUT2D eigenvalue weighted by Gasteiger charge is 2.31. The van der Waals surface area contributed by atoms with Crippen LogP contribution in [-0.2, 0) is 9.59 Å². The van der Waals surface area contributed by atoms with Crippen molar-refractivity contribution >= 4 is 17.5 Å². The molecule has 0 radical (unpaired) electrons. The van der Waals surface area contributed by atoms with Gasteiger partial charge in [-0.15, -0.1) is 0 Å². The molecule has 1 aromatic rings. The van der Waals surface area contributed by atoms with E-state index < -0.39 is 0 Å². The highest BCUT2D eigenvalue weighted by atomic mass is 16.2. The second-order valence-corrected chi connectivity index (χ2v) is 6.63. The molecule has 0 aromatic heterocycles. The van der Waals surface area contributed by atoms with Crippen LogP contribution < -0.4 is 10.2 Å². The number of hydrogen-bond acceptors (Lipinski definition) is 4. The third-order valence-electron chi connectivity index (χ3n) is 4.93. The summed E-state index contributed by atoms with van der Waals surface area (Å²) < 4.78 is 0. The van der Waals surface area contributed by atoms with Crippen molar-refractivity contribution in [3.05, 3.63) is 30.3 Å². The van der Waals surface area contributed by atoms with Crippen LogP contribution in [0.2, 0.25) is 0 Å². The lowest BCUT2D eigenvalue weighted by Crippen LogP contribution is -2.48. The van der Waals surface area contributed by atoms with E-state index in [1.54, 1.807) is 11.9 Å². The highest BCUT2D eigenvalue weighted by molar-refractivity contribution is 5.89. The zero-order chi connectivity index (χ0) is 16.9. The molecule has 2 saturated heterocycles. The van der Waals surface area contributed by atoms with E-state index in [9.17, 15) is 9.59 Å². The molecule has 6 nitrogen and oxygen atoms in total. The van der Waals surface area contributed by atoms with E-state index in [0.717, 1.165) is 32.7 Å². The lowest BCUT2D eigenvalue weighted by molar-refractivity contribution is -0.128. The first kappa shape index (κ1) is 16.8. The van der Waals surface area contributed by atoms with Crippen molar-refractivity contribution in [2.45, 2.75) is 6.42 Å². The van der Waals surface area contributed by atoms with Crippen molar-refractivity contribution in [3.8, 4) is 0 Å². The first-order valence-corrected chi connectivity index (χ1v) is 8.67. The van der Waals surface area contributed by atoms with Gasteiger partial charge in [0.1, 0.15) is 0 Å². The molecule has 2 aliphatic heterocycles. The SMILES string of the molecule is CN1CC(C(=O)NCCN2CCN(c3ccccc3)CC2)CC1=O. The summed E-state index contributed by atoms with van der Waals surface area (Å²) in [6, 6.07) is 10.5. The van der Waals surface area contributed by atoms with Crippen molar-refractivity contribution in [3.63, 3.8) is 0 Å². The van der Waals surface area contributed by atoms with E-state index in [4.69, 9.17) is 0 Å². The molecular formula is C18H26N4O2. The second kappa shape index (κ2) is 7.66. The van der Waals surface area contributed by atoms with Crippen LogP contribution >= 0.6 is 0 Å². The topological polar surface area (TPSA) is 55.9 Å². The predicted molar refractivity (Wildman–Crippen MR) is 93.8 cm³/mol. The van der Waals surface area contributed by atoms with Crippen LogP contribution in [0.15, 0.2) is 30.3 Å². The minimum absolute atomic E-state index is 0.00983. The Bertz CT molecular complexity index is 570. The lowest BCUT2D eigenvalue weighted by atomic mass is 10.1. The number of hydrogen-bond donors (Lipinski definition) is 1. The van der Waals surface area contributed by atoms with Gasteiger partial charge in [0, 0.05) is 65.0 Å². The summed E-state index contributed by atoms with van der Waals surface area (Å²) in [7, 11) is 1.75. The Hall–Kier alpha value is -2.08. The monoisotopic (exact) mass is 330 g/mol. The average molecular weight is 330 g/mol. The van der Waals surface area contributed by atoms with Crippen molar-refractivity contribution in [1.82, 2.24) is 15.1 Å². The van der Waals surface area contributed by atoms with Gasteiger partial charge in [0.15, 0.2) is 0 Å². The number of amides is 2. The number of rotatable bonds is 5. The van der Waals surface area contributed by atoms with Crippen molar-refractivity contribution in [2.24, 2.45) is 5.92 Å². The molecule has 1 N–H and O–H groups in total. The summed E-state index contributed by atoms with van der Waals surface area (Å²) in [6.45, 7) is 6.11. The third-order valence-corrected chi connectivity index (χ3v) is 4.93. The molecular weight excluding hydrogens is 304 g/mol. The fourth-order valence-electron chi connectivity index (χ4n) is 3.39. The van der Waals surface area contributed by atoms with Gasteiger partial charge in [0.2, 0.25) is 11.8 Å². The number of carbonyl (C=O) groups excluding carboxylic acids is 2. The van der Waals surface area contributed by atoms with Gasteiger partial charge in [-0.1, -0.05) is 18.2 Å². The molecule has 6 heteroatoms. The minimum Gasteiger partial charge on any atom is -0.369 e. The Morgan fingerprint density at radius 1 is 1.17 bits per heavy atom. The Morgan fingerprint density at radius 2 is 1.88 bits per heavy atom. The molecule has 2 amide bonds. The van der Waals surface area contributed by atoms with Gasteiger partial charge in [-0.2, -0.15) is 0 Å². The van der Waals surface area contributed by atoms with Crippen LogP contribution in [-0.4, -0.2) is 74.5 Å². The van der Waals surface area contributed by atoms with Crippen LogP contribution in [0.4, 0.5) is 5.69 Å². The van der Waals surface area contributed by atoms with Crippen LogP contribution in [0.25, 0.3) is 0 Å². The molecule has 2 fully saturated rings. The third kappa shape index (κ3) is 4.06.